The van der Waals surface area contributed by atoms with E-state index >= 15 is 0 Å². The standard InChI is InChI=1S/C15H26N2O2/c1-16(13-5-3-2-4-6-13)14(18)9-17-10-15(19,11-17)12-7-8-12/h12-13,19H,2-11H2,1H3. The van der Waals surface area contributed by atoms with E-state index in [4.69, 9.17) is 0 Å². The van der Waals surface area contributed by atoms with E-state index < -0.39 is 5.60 Å². The van der Waals surface area contributed by atoms with Gasteiger partial charge in [0, 0.05) is 26.2 Å². The highest BCUT2D eigenvalue weighted by Gasteiger charge is 2.52. The number of aliphatic hydroxyl groups is 1. The molecule has 1 heterocycles. The molecule has 4 heteroatoms. The number of hydrogen-bond donors (Lipinski definition) is 1. The van der Waals surface area contributed by atoms with Crippen LogP contribution in [0.2, 0.25) is 0 Å². The van der Waals surface area contributed by atoms with Crippen molar-refractivity contribution in [2.24, 2.45) is 5.92 Å². The van der Waals surface area contributed by atoms with Crippen LogP contribution in [0.5, 0.6) is 0 Å². The highest BCUT2D eigenvalue weighted by Crippen LogP contribution is 2.44. The Morgan fingerprint density at radius 1 is 1.21 bits per heavy atom. The molecule has 2 saturated carbocycles. The molecule has 3 rings (SSSR count). The number of carbonyl (C=O) groups excluding carboxylic acids is 1. The maximum absolute atomic E-state index is 12.2. The lowest BCUT2D eigenvalue weighted by atomic mass is 9.88. The summed E-state index contributed by atoms with van der Waals surface area (Å²) in [6, 6.07) is 0.449. The summed E-state index contributed by atoms with van der Waals surface area (Å²) in [5.41, 5.74) is -0.469. The molecule has 1 saturated heterocycles. The Balaban J connectivity index is 1.43. The largest absolute Gasteiger partial charge is 0.387 e. The Hall–Kier alpha value is -0.610. The lowest BCUT2D eigenvalue weighted by Gasteiger charge is -2.47. The third kappa shape index (κ3) is 2.79. The van der Waals surface area contributed by atoms with E-state index in [9.17, 15) is 9.90 Å². The lowest BCUT2D eigenvalue weighted by Crippen LogP contribution is -2.64. The fraction of sp³-hybridized carbons (Fsp3) is 0.933. The average Bonchev–Trinajstić information content (AvgIpc) is 3.21. The SMILES string of the molecule is CN(C(=O)CN1CC(O)(C2CC2)C1)C1CCCCC1. The lowest BCUT2D eigenvalue weighted by molar-refractivity contribution is -0.145. The summed E-state index contributed by atoms with van der Waals surface area (Å²) in [6.45, 7) is 1.88. The van der Waals surface area contributed by atoms with Gasteiger partial charge in [-0.15, -0.1) is 0 Å². The highest BCUT2D eigenvalue weighted by atomic mass is 16.3. The second-order valence-corrected chi connectivity index (χ2v) is 6.82. The summed E-state index contributed by atoms with van der Waals surface area (Å²) < 4.78 is 0. The van der Waals surface area contributed by atoms with Gasteiger partial charge in [-0.1, -0.05) is 19.3 Å². The molecule has 0 aromatic carbocycles. The van der Waals surface area contributed by atoms with Crippen molar-refractivity contribution in [1.82, 2.24) is 9.80 Å². The monoisotopic (exact) mass is 266 g/mol. The molecule has 0 radical (unpaired) electrons. The van der Waals surface area contributed by atoms with Crippen LogP contribution < -0.4 is 0 Å². The summed E-state index contributed by atoms with van der Waals surface area (Å²) in [7, 11) is 1.95. The Labute approximate surface area is 115 Å². The van der Waals surface area contributed by atoms with Crippen molar-refractivity contribution in [3.63, 3.8) is 0 Å². The van der Waals surface area contributed by atoms with Crippen molar-refractivity contribution in [3.8, 4) is 0 Å². The Morgan fingerprint density at radius 3 is 2.42 bits per heavy atom. The van der Waals surface area contributed by atoms with Gasteiger partial charge in [0.05, 0.1) is 12.1 Å². The predicted molar refractivity (Wildman–Crippen MR) is 73.8 cm³/mol. The Bertz CT molecular complexity index is 342. The van der Waals surface area contributed by atoms with E-state index in [2.05, 4.69) is 4.90 Å². The van der Waals surface area contributed by atoms with Gasteiger partial charge in [0.25, 0.3) is 0 Å². The quantitative estimate of drug-likeness (QED) is 0.832. The number of likely N-dealkylation sites (N-methyl/N-ethyl adjacent to an activating group) is 1. The molecule has 0 spiro atoms. The van der Waals surface area contributed by atoms with Crippen LogP contribution >= 0.6 is 0 Å². The zero-order chi connectivity index (χ0) is 13.5. The fourth-order valence-corrected chi connectivity index (χ4v) is 3.69. The van der Waals surface area contributed by atoms with Gasteiger partial charge < -0.3 is 10.0 Å². The number of carbonyl (C=O) groups is 1. The molecule has 19 heavy (non-hydrogen) atoms. The molecule has 2 aliphatic carbocycles. The second-order valence-electron chi connectivity index (χ2n) is 6.82. The number of nitrogens with zero attached hydrogens (tertiary/aromatic N) is 2. The van der Waals surface area contributed by atoms with Gasteiger partial charge in [0.2, 0.25) is 5.91 Å². The molecular formula is C15H26N2O2. The van der Waals surface area contributed by atoms with Crippen LogP contribution in [0.25, 0.3) is 0 Å². The van der Waals surface area contributed by atoms with E-state index in [0.717, 1.165) is 12.8 Å². The smallest absolute Gasteiger partial charge is 0.236 e. The van der Waals surface area contributed by atoms with Crippen LogP contribution in [-0.4, -0.2) is 59.1 Å². The normalized spacial score (nSPS) is 27.9. The van der Waals surface area contributed by atoms with E-state index in [1.54, 1.807) is 0 Å². The van der Waals surface area contributed by atoms with E-state index in [-0.39, 0.29) is 5.91 Å². The molecule has 3 aliphatic rings. The highest BCUT2D eigenvalue weighted by molar-refractivity contribution is 5.78. The molecule has 1 N–H and O–H groups in total. The first-order valence-corrected chi connectivity index (χ1v) is 7.79. The number of rotatable bonds is 4. The predicted octanol–water partition coefficient (Wildman–Crippen LogP) is 1.23. The summed E-state index contributed by atoms with van der Waals surface area (Å²) in [6.07, 6.45) is 8.49. The number of likely N-dealkylation sites (tertiary alicyclic amines) is 1. The van der Waals surface area contributed by atoms with Gasteiger partial charge in [-0.25, -0.2) is 0 Å². The maximum Gasteiger partial charge on any atom is 0.236 e. The van der Waals surface area contributed by atoms with Crippen LogP contribution in [0.1, 0.15) is 44.9 Å². The van der Waals surface area contributed by atoms with E-state index in [1.165, 1.54) is 32.1 Å². The van der Waals surface area contributed by atoms with Crippen LogP contribution in [0.4, 0.5) is 0 Å². The fourth-order valence-electron chi connectivity index (χ4n) is 3.69. The molecule has 4 nitrogen and oxygen atoms in total. The van der Waals surface area contributed by atoms with Crippen LogP contribution in [-0.2, 0) is 4.79 Å². The van der Waals surface area contributed by atoms with Gasteiger partial charge in [-0.3, -0.25) is 9.69 Å². The van der Waals surface area contributed by atoms with E-state index in [1.807, 2.05) is 11.9 Å². The molecule has 0 aromatic heterocycles. The van der Waals surface area contributed by atoms with Crippen molar-refractivity contribution in [1.29, 1.82) is 0 Å². The van der Waals surface area contributed by atoms with Crippen molar-refractivity contribution in [3.05, 3.63) is 0 Å². The Kier molecular flexibility index (Phi) is 3.56. The van der Waals surface area contributed by atoms with Crippen LogP contribution in [0, 0.1) is 5.92 Å². The summed E-state index contributed by atoms with van der Waals surface area (Å²) in [5.74, 6) is 0.736. The Morgan fingerprint density at radius 2 is 1.84 bits per heavy atom. The molecule has 0 aromatic rings. The molecular weight excluding hydrogens is 240 g/mol. The third-order valence-corrected chi connectivity index (χ3v) is 5.21. The van der Waals surface area contributed by atoms with Crippen molar-refractivity contribution in [2.75, 3.05) is 26.7 Å². The second kappa shape index (κ2) is 5.06. The minimum absolute atomic E-state index is 0.227. The van der Waals surface area contributed by atoms with Gasteiger partial charge in [0.15, 0.2) is 0 Å². The zero-order valence-electron chi connectivity index (χ0n) is 12.0. The van der Waals surface area contributed by atoms with Crippen molar-refractivity contribution in [2.45, 2.75) is 56.6 Å². The molecule has 108 valence electrons. The van der Waals surface area contributed by atoms with Gasteiger partial charge >= 0.3 is 0 Å². The number of hydrogen-bond acceptors (Lipinski definition) is 3. The molecule has 1 aliphatic heterocycles. The topological polar surface area (TPSA) is 43.8 Å². The van der Waals surface area contributed by atoms with Crippen LogP contribution in [0.15, 0.2) is 0 Å². The molecule has 3 fully saturated rings. The average molecular weight is 266 g/mol. The van der Waals surface area contributed by atoms with Crippen LogP contribution in [0.3, 0.4) is 0 Å². The minimum Gasteiger partial charge on any atom is -0.387 e. The minimum atomic E-state index is -0.469. The van der Waals surface area contributed by atoms with Crippen molar-refractivity contribution < 1.29 is 9.90 Å². The summed E-state index contributed by atoms with van der Waals surface area (Å²) >= 11 is 0. The van der Waals surface area contributed by atoms with Gasteiger partial charge in [0.1, 0.15) is 0 Å². The molecule has 0 atom stereocenters. The first-order valence-electron chi connectivity index (χ1n) is 7.79. The molecule has 0 bridgehead atoms. The van der Waals surface area contributed by atoms with E-state index in [0.29, 0.717) is 31.6 Å². The number of β-amino-alcohol motifs (C(OH)–C–C–N with tert-alkyl or cyclic N) is 1. The van der Waals surface area contributed by atoms with Gasteiger partial charge in [-0.05, 0) is 31.6 Å². The summed E-state index contributed by atoms with van der Waals surface area (Å²) in [4.78, 5) is 16.3. The van der Waals surface area contributed by atoms with Crippen molar-refractivity contribution >= 4 is 5.91 Å². The maximum atomic E-state index is 12.2. The molecule has 0 unspecified atom stereocenters. The zero-order valence-corrected chi connectivity index (χ0v) is 12.0. The third-order valence-electron chi connectivity index (χ3n) is 5.21. The molecule has 1 amide bonds. The number of amides is 1. The first kappa shape index (κ1) is 13.4. The first-order chi connectivity index (χ1) is 9.08. The summed E-state index contributed by atoms with van der Waals surface area (Å²) in [5, 5.41) is 10.3. The van der Waals surface area contributed by atoms with Gasteiger partial charge in [-0.2, -0.15) is 0 Å².